The Morgan fingerprint density at radius 1 is 1.35 bits per heavy atom. The van der Waals surface area contributed by atoms with Crippen molar-refractivity contribution in [2.45, 2.75) is 31.7 Å². The van der Waals surface area contributed by atoms with Crippen LogP contribution in [-0.4, -0.2) is 26.7 Å². The van der Waals surface area contributed by atoms with Crippen LogP contribution in [0.5, 0.6) is 11.6 Å². The number of hydrogen-bond donors (Lipinski definition) is 1. The van der Waals surface area contributed by atoms with E-state index in [1.54, 1.807) is 38.2 Å². The lowest BCUT2D eigenvalue weighted by molar-refractivity contribution is -0.385. The van der Waals surface area contributed by atoms with Crippen LogP contribution >= 0.6 is 0 Å². The highest BCUT2D eigenvalue weighted by molar-refractivity contribution is 5.47. The third-order valence-electron chi connectivity index (χ3n) is 3.77. The van der Waals surface area contributed by atoms with Crippen LogP contribution in [0.1, 0.15) is 25.5 Å². The van der Waals surface area contributed by atoms with Crippen molar-refractivity contribution in [2.75, 3.05) is 0 Å². The van der Waals surface area contributed by atoms with E-state index in [0.717, 1.165) is 0 Å². The summed E-state index contributed by atoms with van der Waals surface area (Å²) in [4.78, 5) is 14.6. The van der Waals surface area contributed by atoms with E-state index in [4.69, 9.17) is 9.47 Å². The predicted octanol–water partition coefficient (Wildman–Crippen LogP) is 2.64. The average Bonchev–Trinajstić information content (AvgIpc) is 2.52. The maximum absolute atomic E-state index is 11.0. The van der Waals surface area contributed by atoms with Crippen LogP contribution in [0.2, 0.25) is 0 Å². The Kier molecular flexibility index (Phi) is 3.65. The molecule has 0 amide bonds. The average molecular weight is 316 g/mol. The maximum atomic E-state index is 11.0. The summed E-state index contributed by atoms with van der Waals surface area (Å²) in [6.07, 6.45) is -0.261. The van der Waals surface area contributed by atoms with E-state index in [9.17, 15) is 15.2 Å². The lowest BCUT2D eigenvalue weighted by Gasteiger charge is -2.41. The van der Waals surface area contributed by atoms with Crippen LogP contribution in [0.15, 0.2) is 42.6 Å². The molecule has 23 heavy (non-hydrogen) atoms. The van der Waals surface area contributed by atoms with Gasteiger partial charge in [-0.1, -0.05) is 6.07 Å². The molecule has 1 N–H and O–H groups in total. The smallest absolute Gasteiger partial charge is 0.270 e. The molecule has 3 rings (SSSR count). The van der Waals surface area contributed by atoms with Gasteiger partial charge in [-0.2, -0.15) is 0 Å². The number of nitrogens with zero attached hydrogens (tertiary/aromatic N) is 2. The van der Waals surface area contributed by atoms with E-state index < -0.39 is 22.7 Å². The molecular formula is C16H16N2O5. The zero-order valence-electron chi connectivity index (χ0n) is 12.7. The zero-order chi connectivity index (χ0) is 16.6. The van der Waals surface area contributed by atoms with Gasteiger partial charge in [0.15, 0.2) is 6.10 Å². The zero-order valence-corrected chi connectivity index (χ0v) is 12.7. The topological polar surface area (TPSA) is 94.7 Å². The van der Waals surface area contributed by atoms with Gasteiger partial charge in [0.2, 0.25) is 5.88 Å². The third-order valence-corrected chi connectivity index (χ3v) is 3.77. The number of rotatable bonds is 3. The summed E-state index contributed by atoms with van der Waals surface area (Å²) >= 11 is 0. The Hall–Kier alpha value is -2.67. The number of aliphatic hydroxyl groups is 1. The van der Waals surface area contributed by atoms with E-state index in [1.807, 2.05) is 0 Å². The van der Waals surface area contributed by atoms with Gasteiger partial charge in [-0.25, -0.2) is 4.98 Å². The van der Waals surface area contributed by atoms with Gasteiger partial charge in [0.25, 0.3) is 5.69 Å². The molecule has 7 nitrogen and oxygen atoms in total. The van der Waals surface area contributed by atoms with E-state index in [1.165, 1.54) is 18.2 Å². The summed E-state index contributed by atoms with van der Waals surface area (Å²) in [7, 11) is 0. The first-order chi connectivity index (χ1) is 10.9. The molecule has 0 bridgehead atoms. The molecule has 1 aliphatic heterocycles. The number of ether oxygens (including phenoxy) is 2. The molecule has 1 aliphatic rings. The Bertz CT molecular complexity index is 733. The largest absolute Gasteiger partial charge is 0.485 e. The highest BCUT2D eigenvalue weighted by Crippen LogP contribution is 2.43. The highest BCUT2D eigenvalue weighted by atomic mass is 16.6. The molecule has 0 saturated carbocycles. The van der Waals surface area contributed by atoms with E-state index >= 15 is 0 Å². The minimum Gasteiger partial charge on any atom is -0.485 e. The Labute approximate surface area is 132 Å². The van der Waals surface area contributed by atoms with Crippen LogP contribution in [0, 0.1) is 10.1 Å². The van der Waals surface area contributed by atoms with Crippen LogP contribution in [0.3, 0.4) is 0 Å². The van der Waals surface area contributed by atoms with E-state index in [-0.39, 0.29) is 5.69 Å². The van der Waals surface area contributed by atoms with Gasteiger partial charge in [0.05, 0.1) is 4.92 Å². The second-order valence-electron chi connectivity index (χ2n) is 5.84. The Morgan fingerprint density at radius 3 is 2.78 bits per heavy atom. The molecule has 0 radical (unpaired) electrons. The number of pyridine rings is 1. The molecule has 120 valence electrons. The summed E-state index contributed by atoms with van der Waals surface area (Å²) in [6.45, 7) is 3.47. The van der Waals surface area contributed by atoms with Crippen molar-refractivity contribution in [3.63, 3.8) is 0 Å². The highest BCUT2D eigenvalue weighted by Gasteiger charge is 2.45. The minimum atomic E-state index is -1.01. The lowest BCUT2D eigenvalue weighted by atomic mass is 9.88. The quantitative estimate of drug-likeness (QED) is 0.691. The van der Waals surface area contributed by atoms with Gasteiger partial charge < -0.3 is 14.6 Å². The summed E-state index contributed by atoms with van der Waals surface area (Å²) in [5.74, 6) is 0.776. The molecule has 1 aromatic heterocycles. The van der Waals surface area contributed by atoms with Crippen LogP contribution in [0.4, 0.5) is 5.69 Å². The summed E-state index contributed by atoms with van der Waals surface area (Å²) in [5.41, 5.74) is -0.562. The number of aromatic nitrogens is 1. The lowest BCUT2D eigenvalue weighted by Crippen LogP contribution is -2.50. The van der Waals surface area contributed by atoms with Crippen molar-refractivity contribution >= 4 is 5.69 Å². The molecule has 1 aromatic carbocycles. The second kappa shape index (κ2) is 5.51. The molecule has 0 saturated heterocycles. The van der Waals surface area contributed by atoms with Crippen molar-refractivity contribution in [3.8, 4) is 11.6 Å². The SMILES string of the molecule is CC1(C)Oc2ccc([N+](=O)[O-])cc2C(Oc2ccccn2)C1O. The van der Waals surface area contributed by atoms with Crippen LogP contribution in [0.25, 0.3) is 0 Å². The molecular weight excluding hydrogens is 300 g/mol. The third kappa shape index (κ3) is 2.83. The number of benzene rings is 1. The van der Waals surface area contributed by atoms with Gasteiger partial charge in [-0.3, -0.25) is 10.1 Å². The van der Waals surface area contributed by atoms with E-state index in [2.05, 4.69) is 4.98 Å². The fourth-order valence-corrected chi connectivity index (χ4v) is 2.52. The van der Waals surface area contributed by atoms with E-state index in [0.29, 0.717) is 17.2 Å². The number of hydrogen-bond acceptors (Lipinski definition) is 6. The number of non-ortho nitro benzene ring substituents is 1. The molecule has 0 aliphatic carbocycles. The van der Waals surface area contributed by atoms with Crippen molar-refractivity contribution in [1.82, 2.24) is 4.98 Å². The monoisotopic (exact) mass is 316 g/mol. The fraction of sp³-hybridized carbons (Fsp3) is 0.312. The first-order valence-electron chi connectivity index (χ1n) is 7.11. The van der Waals surface area contributed by atoms with Gasteiger partial charge in [0, 0.05) is 30.0 Å². The summed E-state index contributed by atoms with van der Waals surface area (Å²) in [5, 5.41) is 21.6. The Balaban J connectivity index is 2.06. The van der Waals surface area contributed by atoms with Gasteiger partial charge in [-0.05, 0) is 26.0 Å². The molecule has 2 unspecified atom stereocenters. The van der Waals surface area contributed by atoms with Gasteiger partial charge in [0.1, 0.15) is 17.5 Å². The van der Waals surface area contributed by atoms with Crippen molar-refractivity contribution in [3.05, 3.63) is 58.3 Å². The summed E-state index contributed by atoms with van der Waals surface area (Å²) in [6, 6.07) is 9.41. The molecule has 0 fully saturated rings. The standard InChI is InChI=1S/C16H16N2O5/c1-16(2)15(19)14(22-13-5-3-4-8-17-13)11-9-10(18(20)21)6-7-12(11)23-16/h3-9,14-15,19H,1-2H3. The first-order valence-corrected chi connectivity index (χ1v) is 7.11. The number of fused-ring (bicyclic) bond motifs is 1. The van der Waals surface area contributed by atoms with Gasteiger partial charge in [-0.15, -0.1) is 0 Å². The minimum absolute atomic E-state index is 0.0890. The van der Waals surface area contributed by atoms with Crippen LogP contribution < -0.4 is 9.47 Å². The second-order valence-corrected chi connectivity index (χ2v) is 5.84. The molecule has 2 aromatic rings. The molecule has 2 atom stereocenters. The van der Waals surface area contributed by atoms with Crippen LogP contribution in [-0.2, 0) is 0 Å². The summed E-state index contributed by atoms with van der Waals surface area (Å²) < 4.78 is 11.6. The Morgan fingerprint density at radius 2 is 2.13 bits per heavy atom. The van der Waals surface area contributed by atoms with Crippen molar-refractivity contribution in [1.29, 1.82) is 0 Å². The number of nitro groups is 1. The number of aliphatic hydroxyl groups excluding tert-OH is 1. The molecule has 2 heterocycles. The van der Waals surface area contributed by atoms with Crippen molar-refractivity contribution < 1.29 is 19.5 Å². The fourth-order valence-electron chi connectivity index (χ4n) is 2.52. The first kappa shape index (κ1) is 15.2. The molecule has 7 heteroatoms. The molecule has 0 spiro atoms. The maximum Gasteiger partial charge on any atom is 0.270 e. The predicted molar refractivity (Wildman–Crippen MR) is 81.4 cm³/mol. The number of nitro benzene ring substituents is 1. The van der Waals surface area contributed by atoms with Crippen molar-refractivity contribution in [2.24, 2.45) is 0 Å². The normalized spacial score (nSPS) is 21.9. The van der Waals surface area contributed by atoms with Gasteiger partial charge >= 0.3 is 0 Å².